The number of rotatable bonds is 5. The Morgan fingerprint density at radius 2 is 2.05 bits per heavy atom. The fourth-order valence-electron chi connectivity index (χ4n) is 2.53. The first-order chi connectivity index (χ1) is 10.1. The minimum Gasteiger partial charge on any atom is -0.465 e. The first kappa shape index (κ1) is 18.5. The van der Waals surface area contributed by atoms with Gasteiger partial charge in [-0.2, -0.15) is 0 Å². The summed E-state index contributed by atoms with van der Waals surface area (Å²) in [6.07, 6.45) is -0.616. The Labute approximate surface area is 131 Å². The fourth-order valence-corrected chi connectivity index (χ4v) is 2.53. The average molecular weight is 313 g/mol. The van der Waals surface area contributed by atoms with Crippen molar-refractivity contribution in [2.45, 2.75) is 58.6 Å². The number of esters is 1. The van der Waals surface area contributed by atoms with Crippen molar-refractivity contribution in [3.8, 4) is 0 Å². The van der Waals surface area contributed by atoms with Gasteiger partial charge in [-0.1, -0.05) is 27.4 Å². The second kappa shape index (κ2) is 6.69. The third-order valence-corrected chi connectivity index (χ3v) is 4.45. The first-order valence-corrected chi connectivity index (χ1v) is 7.58. The summed E-state index contributed by atoms with van der Waals surface area (Å²) in [6, 6.07) is 0. The number of ether oxygens (including phenoxy) is 1. The van der Waals surface area contributed by atoms with Crippen molar-refractivity contribution in [3.63, 3.8) is 0 Å². The Kier molecular flexibility index (Phi) is 5.62. The number of aliphatic hydroxyl groups excluding tert-OH is 1. The predicted molar refractivity (Wildman–Crippen MR) is 82.5 cm³/mol. The summed E-state index contributed by atoms with van der Waals surface area (Å²) in [7, 11) is 0. The SMILES string of the molecule is C=C1CCN(C(=O)O)C1(CCCO)C(=O)OC(C)C(C)(C)C. The number of nitrogens with zero attached hydrogens (tertiary/aromatic N) is 1. The van der Waals surface area contributed by atoms with Crippen LogP contribution < -0.4 is 0 Å². The lowest BCUT2D eigenvalue weighted by molar-refractivity contribution is -0.164. The second-order valence-corrected chi connectivity index (χ2v) is 6.89. The molecule has 0 bridgehead atoms. The molecule has 0 aromatic rings. The quantitative estimate of drug-likeness (QED) is 0.601. The van der Waals surface area contributed by atoms with Crippen LogP contribution in [0.4, 0.5) is 4.79 Å². The van der Waals surface area contributed by atoms with Crippen molar-refractivity contribution in [1.82, 2.24) is 4.90 Å². The van der Waals surface area contributed by atoms with Gasteiger partial charge in [-0.25, -0.2) is 9.59 Å². The van der Waals surface area contributed by atoms with Gasteiger partial charge in [0.25, 0.3) is 0 Å². The molecule has 6 heteroatoms. The summed E-state index contributed by atoms with van der Waals surface area (Å²) in [5, 5.41) is 18.5. The smallest absolute Gasteiger partial charge is 0.408 e. The molecule has 0 aromatic heterocycles. The number of aliphatic hydroxyl groups is 1. The fraction of sp³-hybridized carbons (Fsp3) is 0.750. The van der Waals surface area contributed by atoms with Gasteiger partial charge in [0.2, 0.25) is 0 Å². The molecule has 0 aliphatic carbocycles. The summed E-state index contributed by atoms with van der Waals surface area (Å²) in [4.78, 5) is 25.4. The van der Waals surface area contributed by atoms with E-state index in [1.165, 1.54) is 0 Å². The lowest BCUT2D eigenvalue weighted by Gasteiger charge is -2.38. The summed E-state index contributed by atoms with van der Waals surface area (Å²) in [5.74, 6) is -0.590. The Morgan fingerprint density at radius 3 is 2.50 bits per heavy atom. The van der Waals surface area contributed by atoms with E-state index in [0.717, 1.165) is 4.90 Å². The zero-order valence-electron chi connectivity index (χ0n) is 13.9. The molecular formula is C16H27NO5. The highest BCUT2D eigenvalue weighted by molar-refractivity contribution is 5.90. The average Bonchev–Trinajstić information content (AvgIpc) is 2.73. The molecule has 1 heterocycles. The minimum absolute atomic E-state index is 0.120. The van der Waals surface area contributed by atoms with Crippen molar-refractivity contribution in [2.24, 2.45) is 5.41 Å². The van der Waals surface area contributed by atoms with Gasteiger partial charge < -0.3 is 14.9 Å². The van der Waals surface area contributed by atoms with Crippen LogP contribution in [-0.2, 0) is 9.53 Å². The Morgan fingerprint density at radius 1 is 1.45 bits per heavy atom. The number of hydrogen-bond donors (Lipinski definition) is 2. The highest BCUT2D eigenvalue weighted by Crippen LogP contribution is 2.39. The molecule has 1 rings (SSSR count). The van der Waals surface area contributed by atoms with Crippen LogP contribution in [0.3, 0.4) is 0 Å². The van der Waals surface area contributed by atoms with Gasteiger partial charge in [-0.05, 0) is 37.2 Å². The number of carbonyl (C=O) groups is 2. The zero-order valence-corrected chi connectivity index (χ0v) is 13.9. The first-order valence-electron chi connectivity index (χ1n) is 7.58. The zero-order chi connectivity index (χ0) is 17.1. The molecule has 0 radical (unpaired) electrons. The molecule has 1 aliphatic heterocycles. The molecule has 1 saturated heterocycles. The van der Waals surface area contributed by atoms with Crippen LogP contribution >= 0.6 is 0 Å². The molecule has 1 amide bonds. The predicted octanol–water partition coefficient (Wildman–Crippen LogP) is 2.42. The van der Waals surface area contributed by atoms with Gasteiger partial charge in [0, 0.05) is 13.2 Å². The maximum atomic E-state index is 12.8. The largest absolute Gasteiger partial charge is 0.465 e. The van der Waals surface area contributed by atoms with Gasteiger partial charge in [-0.15, -0.1) is 0 Å². The maximum absolute atomic E-state index is 12.8. The van der Waals surface area contributed by atoms with E-state index in [-0.39, 0.29) is 31.1 Å². The summed E-state index contributed by atoms with van der Waals surface area (Å²) in [6.45, 7) is 11.6. The molecule has 22 heavy (non-hydrogen) atoms. The molecule has 2 N–H and O–H groups in total. The van der Waals surface area contributed by atoms with Crippen LogP contribution in [0, 0.1) is 5.41 Å². The van der Waals surface area contributed by atoms with Crippen LogP contribution in [0.15, 0.2) is 12.2 Å². The lowest BCUT2D eigenvalue weighted by Crippen LogP contribution is -2.55. The van der Waals surface area contributed by atoms with E-state index in [4.69, 9.17) is 9.84 Å². The molecule has 2 unspecified atom stereocenters. The van der Waals surface area contributed by atoms with Crippen LogP contribution in [-0.4, -0.2) is 52.0 Å². The summed E-state index contributed by atoms with van der Waals surface area (Å²) in [5.41, 5.74) is -1.09. The van der Waals surface area contributed by atoms with E-state index in [9.17, 15) is 14.7 Å². The Hall–Kier alpha value is -1.56. The second-order valence-electron chi connectivity index (χ2n) is 6.89. The summed E-state index contributed by atoms with van der Waals surface area (Å²) >= 11 is 0. The van der Waals surface area contributed by atoms with E-state index in [1.54, 1.807) is 6.92 Å². The number of amides is 1. The van der Waals surface area contributed by atoms with Crippen molar-refractivity contribution < 1.29 is 24.5 Å². The molecule has 0 spiro atoms. The minimum atomic E-state index is -1.38. The van der Waals surface area contributed by atoms with Crippen molar-refractivity contribution in [2.75, 3.05) is 13.2 Å². The van der Waals surface area contributed by atoms with Gasteiger partial charge in [0.05, 0.1) is 0 Å². The molecule has 1 fully saturated rings. The molecule has 6 nitrogen and oxygen atoms in total. The Bertz CT molecular complexity index is 454. The van der Waals surface area contributed by atoms with Gasteiger partial charge in [0.1, 0.15) is 6.10 Å². The van der Waals surface area contributed by atoms with E-state index in [2.05, 4.69) is 6.58 Å². The highest BCUT2D eigenvalue weighted by atomic mass is 16.5. The van der Waals surface area contributed by atoms with Crippen LogP contribution in [0.2, 0.25) is 0 Å². The van der Waals surface area contributed by atoms with Crippen LogP contribution in [0.1, 0.15) is 47.0 Å². The topological polar surface area (TPSA) is 87.1 Å². The van der Waals surface area contributed by atoms with Crippen LogP contribution in [0.5, 0.6) is 0 Å². The van der Waals surface area contributed by atoms with Crippen LogP contribution in [0.25, 0.3) is 0 Å². The van der Waals surface area contributed by atoms with E-state index < -0.39 is 17.6 Å². The highest BCUT2D eigenvalue weighted by Gasteiger charge is 2.54. The number of carbonyl (C=O) groups excluding carboxylic acids is 1. The number of hydrogen-bond acceptors (Lipinski definition) is 4. The van der Waals surface area contributed by atoms with Gasteiger partial charge >= 0.3 is 12.1 Å². The van der Waals surface area contributed by atoms with Crippen molar-refractivity contribution in [3.05, 3.63) is 12.2 Å². The standard InChI is InChI=1S/C16H27NO5/c1-11-7-9-17(14(20)21)16(11,8-6-10-18)13(19)22-12(2)15(3,4)5/h12,18H,1,6-10H2,2-5H3,(H,20,21). The number of carboxylic acid groups (broad SMARTS) is 1. The van der Waals surface area contributed by atoms with E-state index in [1.807, 2.05) is 20.8 Å². The molecule has 126 valence electrons. The molecule has 0 saturated carbocycles. The third-order valence-electron chi connectivity index (χ3n) is 4.45. The molecule has 2 atom stereocenters. The third kappa shape index (κ3) is 3.43. The number of likely N-dealkylation sites (tertiary alicyclic amines) is 1. The van der Waals surface area contributed by atoms with Crippen molar-refractivity contribution >= 4 is 12.1 Å². The summed E-state index contributed by atoms with van der Waals surface area (Å²) < 4.78 is 5.56. The lowest BCUT2D eigenvalue weighted by atomic mass is 9.85. The molecule has 1 aliphatic rings. The molecule has 0 aromatic carbocycles. The van der Waals surface area contributed by atoms with Gasteiger partial charge in [-0.3, -0.25) is 4.90 Å². The monoisotopic (exact) mass is 313 g/mol. The normalized spacial score (nSPS) is 23.5. The molecular weight excluding hydrogens is 286 g/mol. The van der Waals surface area contributed by atoms with Crippen molar-refractivity contribution in [1.29, 1.82) is 0 Å². The maximum Gasteiger partial charge on any atom is 0.408 e. The van der Waals surface area contributed by atoms with Gasteiger partial charge in [0.15, 0.2) is 5.54 Å². The Balaban J connectivity index is 3.13. The van der Waals surface area contributed by atoms with E-state index >= 15 is 0 Å². The van der Waals surface area contributed by atoms with E-state index in [0.29, 0.717) is 18.4 Å².